The monoisotopic (exact) mass is 297 g/mol. The van der Waals surface area contributed by atoms with E-state index in [9.17, 15) is 0 Å². The zero-order chi connectivity index (χ0) is 15.9. The quantitative estimate of drug-likeness (QED) is 0.634. The lowest BCUT2D eigenvalue weighted by molar-refractivity contribution is -0.117. The van der Waals surface area contributed by atoms with Gasteiger partial charge >= 0.3 is 0 Å². The van der Waals surface area contributed by atoms with Crippen LogP contribution in [0.25, 0.3) is 0 Å². The van der Waals surface area contributed by atoms with Crippen molar-refractivity contribution < 1.29 is 4.74 Å². The van der Waals surface area contributed by atoms with Crippen LogP contribution in [-0.4, -0.2) is 24.3 Å². The number of ether oxygens (including phenoxy) is 1. The molecule has 0 aromatic carbocycles. The fourth-order valence-corrected chi connectivity index (χ4v) is 3.77. The van der Waals surface area contributed by atoms with E-state index >= 15 is 0 Å². The molecule has 0 radical (unpaired) electrons. The van der Waals surface area contributed by atoms with Crippen LogP contribution in [0.2, 0.25) is 0 Å². The molecule has 2 heteroatoms. The van der Waals surface area contributed by atoms with Crippen molar-refractivity contribution in [3.8, 4) is 0 Å². The summed E-state index contributed by atoms with van der Waals surface area (Å²) in [6.45, 7) is 14.6. The second-order valence-corrected chi connectivity index (χ2v) is 8.01. The van der Waals surface area contributed by atoms with Crippen molar-refractivity contribution in [3.63, 3.8) is 0 Å². The Bertz CT molecular complexity index is 267. The van der Waals surface area contributed by atoms with Crippen LogP contribution in [0.3, 0.4) is 0 Å². The number of nitrogens with one attached hydrogen (secondary N) is 1. The minimum Gasteiger partial charge on any atom is -0.371 e. The van der Waals surface area contributed by atoms with Crippen molar-refractivity contribution in [2.75, 3.05) is 6.54 Å². The number of rotatable bonds is 9. The minimum atomic E-state index is 0.0861. The van der Waals surface area contributed by atoms with Crippen LogP contribution in [0.4, 0.5) is 0 Å². The molecule has 0 heterocycles. The summed E-state index contributed by atoms with van der Waals surface area (Å²) in [6, 6.07) is 0.541. The zero-order valence-electron chi connectivity index (χ0n) is 15.4. The van der Waals surface area contributed by atoms with Gasteiger partial charge in [-0.25, -0.2) is 0 Å². The molecule has 1 rings (SSSR count). The summed E-state index contributed by atoms with van der Waals surface area (Å²) in [7, 11) is 0. The van der Waals surface area contributed by atoms with Gasteiger partial charge in [-0.2, -0.15) is 0 Å². The fraction of sp³-hybridized carbons (Fsp3) is 1.00. The summed E-state index contributed by atoms with van der Waals surface area (Å²) in [5.41, 5.74) is 0.0861. The van der Waals surface area contributed by atoms with Gasteiger partial charge < -0.3 is 10.1 Å². The summed E-state index contributed by atoms with van der Waals surface area (Å²) >= 11 is 0. The maximum Gasteiger partial charge on any atom is 0.0810 e. The Morgan fingerprint density at radius 3 is 2.19 bits per heavy atom. The topological polar surface area (TPSA) is 21.3 Å². The van der Waals surface area contributed by atoms with Crippen LogP contribution < -0.4 is 5.32 Å². The molecular formula is C19H39NO. The minimum absolute atomic E-state index is 0.0861. The third kappa shape index (κ3) is 7.15. The van der Waals surface area contributed by atoms with Gasteiger partial charge in [0.25, 0.3) is 0 Å². The second-order valence-electron chi connectivity index (χ2n) is 8.01. The highest BCUT2D eigenvalue weighted by atomic mass is 16.5. The molecule has 0 aromatic heterocycles. The van der Waals surface area contributed by atoms with Gasteiger partial charge in [0.1, 0.15) is 0 Å². The van der Waals surface area contributed by atoms with Gasteiger partial charge in [0.05, 0.1) is 11.7 Å². The molecular weight excluding hydrogens is 258 g/mol. The van der Waals surface area contributed by atoms with E-state index in [4.69, 9.17) is 4.74 Å². The average molecular weight is 298 g/mol. The molecule has 1 aliphatic rings. The second kappa shape index (κ2) is 9.15. The maximum absolute atomic E-state index is 6.60. The predicted octanol–water partition coefficient (Wildman–Crippen LogP) is 5.16. The molecule has 1 unspecified atom stereocenters. The maximum atomic E-state index is 6.60. The summed E-state index contributed by atoms with van der Waals surface area (Å²) in [6.07, 6.45) is 9.44. The first-order chi connectivity index (χ1) is 9.87. The van der Waals surface area contributed by atoms with Gasteiger partial charge in [-0.05, 0) is 50.9 Å². The molecule has 0 saturated heterocycles. The van der Waals surface area contributed by atoms with E-state index in [2.05, 4.69) is 46.9 Å². The SMILES string of the molecule is CCCC1CCC(CNC(C)C)(OC(C)CC(C)C)CC1. The Kier molecular flexibility index (Phi) is 8.26. The van der Waals surface area contributed by atoms with Gasteiger partial charge in [-0.1, -0.05) is 47.5 Å². The highest BCUT2D eigenvalue weighted by molar-refractivity contribution is 4.90. The van der Waals surface area contributed by atoms with Crippen LogP contribution >= 0.6 is 0 Å². The van der Waals surface area contributed by atoms with Crippen LogP contribution in [-0.2, 0) is 4.74 Å². The van der Waals surface area contributed by atoms with Gasteiger partial charge in [0.2, 0.25) is 0 Å². The first-order valence-corrected chi connectivity index (χ1v) is 9.28. The Hall–Kier alpha value is -0.0800. The molecule has 1 aliphatic carbocycles. The summed E-state index contributed by atoms with van der Waals surface area (Å²) in [5, 5.41) is 3.64. The largest absolute Gasteiger partial charge is 0.371 e. The van der Waals surface area contributed by atoms with E-state index < -0.39 is 0 Å². The normalized spacial score (nSPS) is 28.3. The third-order valence-electron chi connectivity index (χ3n) is 4.80. The van der Waals surface area contributed by atoms with Gasteiger partial charge in [-0.15, -0.1) is 0 Å². The van der Waals surface area contributed by atoms with Crippen molar-refractivity contribution in [2.24, 2.45) is 11.8 Å². The molecule has 2 nitrogen and oxygen atoms in total. The Morgan fingerprint density at radius 1 is 1.10 bits per heavy atom. The van der Waals surface area contributed by atoms with Crippen molar-refractivity contribution in [1.29, 1.82) is 0 Å². The van der Waals surface area contributed by atoms with Gasteiger partial charge in [-0.3, -0.25) is 0 Å². The zero-order valence-corrected chi connectivity index (χ0v) is 15.4. The van der Waals surface area contributed by atoms with E-state index in [1.165, 1.54) is 44.9 Å². The Labute approximate surface area is 133 Å². The van der Waals surface area contributed by atoms with Crippen LogP contribution in [0.15, 0.2) is 0 Å². The molecule has 0 bridgehead atoms. The molecule has 0 aliphatic heterocycles. The first kappa shape index (κ1) is 19.0. The van der Waals surface area contributed by atoms with E-state index in [1.54, 1.807) is 0 Å². The molecule has 21 heavy (non-hydrogen) atoms. The van der Waals surface area contributed by atoms with Gasteiger partial charge in [0.15, 0.2) is 0 Å². The van der Waals surface area contributed by atoms with Crippen molar-refractivity contribution in [2.45, 2.75) is 104 Å². The van der Waals surface area contributed by atoms with Crippen LogP contribution in [0.5, 0.6) is 0 Å². The standard InChI is InChI=1S/C19H39NO/c1-7-8-18-9-11-19(12-10-18,14-20-16(4)5)21-17(6)13-15(2)3/h15-18,20H,7-14H2,1-6H3. The van der Waals surface area contributed by atoms with Crippen LogP contribution in [0.1, 0.15) is 86.5 Å². The summed E-state index contributed by atoms with van der Waals surface area (Å²) in [4.78, 5) is 0. The smallest absolute Gasteiger partial charge is 0.0810 e. The molecule has 0 spiro atoms. The third-order valence-corrected chi connectivity index (χ3v) is 4.80. The molecule has 1 saturated carbocycles. The molecule has 0 amide bonds. The van der Waals surface area contributed by atoms with E-state index in [0.29, 0.717) is 18.1 Å². The predicted molar refractivity (Wildman–Crippen MR) is 92.7 cm³/mol. The lowest BCUT2D eigenvalue weighted by Crippen LogP contribution is -2.49. The first-order valence-electron chi connectivity index (χ1n) is 9.28. The fourth-order valence-electron chi connectivity index (χ4n) is 3.77. The molecule has 1 N–H and O–H groups in total. The lowest BCUT2D eigenvalue weighted by Gasteiger charge is -2.43. The Morgan fingerprint density at radius 2 is 1.71 bits per heavy atom. The Balaban J connectivity index is 2.59. The van der Waals surface area contributed by atoms with E-state index in [1.807, 2.05) is 0 Å². The summed E-state index contributed by atoms with van der Waals surface area (Å²) in [5.74, 6) is 1.65. The molecule has 1 atom stereocenters. The number of hydrogen-bond acceptors (Lipinski definition) is 2. The molecule has 126 valence electrons. The van der Waals surface area contributed by atoms with E-state index in [-0.39, 0.29) is 5.60 Å². The average Bonchev–Trinajstić information content (AvgIpc) is 2.38. The van der Waals surface area contributed by atoms with Gasteiger partial charge in [0, 0.05) is 12.6 Å². The highest BCUT2D eigenvalue weighted by Crippen LogP contribution is 2.38. The van der Waals surface area contributed by atoms with Crippen molar-refractivity contribution >= 4 is 0 Å². The van der Waals surface area contributed by atoms with Crippen molar-refractivity contribution in [1.82, 2.24) is 5.32 Å². The van der Waals surface area contributed by atoms with Crippen LogP contribution in [0, 0.1) is 11.8 Å². The highest BCUT2D eigenvalue weighted by Gasteiger charge is 2.37. The number of hydrogen-bond donors (Lipinski definition) is 1. The molecule has 1 fully saturated rings. The van der Waals surface area contributed by atoms with Crippen molar-refractivity contribution in [3.05, 3.63) is 0 Å². The lowest BCUT2D eigenvalue weighted by atomic mass is 9.76. The van der Waals surface area contributed by atoms with E-state index in [0.717, 1.165) is 12.5 Å². The summed E-state index contributed by atoms with van der Waals surface area (Å²) < 4.78 is 6.60. The molecule has 0 aromatic rings.